The zero-order valence-electron chi connectivity index (χ0n) is 6.38. The molecular formula is C7H12OS3. The van der Waals surface area contributed by atoms with Crippen LogP contribution in [0.5, 0.6) is 0 Å². The molecule has 1 rings (SSSR count). The maximum Gasteiger partial charge on any atom is 0.152 e. The van der Waals surface area contributed by atoms with Gasteiger partial charge in [-0.05, 0) is 0 Å². The van der Waals surface area contributed by atoms with Crippen LogP contribution >= 0.6 is 35.3 Å². The smallest absolute Gasteiger partial charge is 0.152 e. The van der Waals surface area contributed by atoms with Gasteiger partial charge >= 0.3 is 0 Å². The first-order chi connectivity index (χ1) is 5.39. The molecule has 0 saturated carbocycles. The lowest BCUT2D eigenvalue weighted by atomic mass is 10.5. The van der Waals surface area contributed by atoms with E-state index in [0.29, 0.717) is 5.78 Å². The van der Waals surface area contributed by atoms with Crippen molar-refractivity contribution < 1.29 is 4.79 Å². The highest BCUT2D eigenvalue weighted by Crippen LogP contribution is 2.13. The molecule has 0 aromatic rings. The summed E-state index contributed by atoms with van der Waals surface area (Å²) in [4.78, 5) is 11.1. The second-order valence-corrected chi connectivity index (χ2v) is 5.69. The molecule has 0 spiro atoms. The van der Waals surface area contributed by atoms with Gasteiger partial charge in [0, 0.05) is 23.0 Å². The van der Waals surface area contributed by atoms with E-state index < -0.39 is 0 Å². The summed E-state index contributed by atoms with van der Waals surface area (Å²) >= 11 is 5.55. The van der Waals surface area contributed by atoms with E-state index in [-0.39, 0.29) is 0 Å². The van der Waals surface area contributed by atoms with E-state index in [1.807, 2.05) is 11.8 Å². The monoisotopic (exact) mass is 208 g/mol. The Hall–Kier alpha value is 0.720. The molecule has 0 unspecified atom stereocenters. The van der Waals surface area contributed by atoms with Crippen LogP contribution in [0.4, 0.5) is 0 Å². The molecule has 1 aliphatic rings. The Bertz CT molecular complexity index is 115. The van der Waals surface area contributed by atoms with Crippen LogP contribution in [0, 0.1) is 0 Å². The first-order valence-electron chi connectivity index (χ1n) is 3.64. The predicted octanol–water partition coefficient (Wildman–Crippen LogP) is 1.77. The highest BCUT2D eigenvalue weighted by atomic mass is 32.2. The quantitative estimate of drug-likeness (QED) is 0.603. The minimum absolute atomic E-state index is 0.409. The first-order valence-corrected chi connectivity index (χ1v) is 7.11. The molecule has 11 heavy (non-hydrogen) atoms. The molecule has 1 saturated heterocycles. The van der Waals surface area contributed by atoms with Gasteiger partial charge in [0.25, 0.3) is 0 Å². The number of hydrogen-bond donors (Lipinski definition) is 0. The summed E-state index contributed by atoms with van der Waals surface area (Å²) in [6, 6.07) is 0. The maximum absolute atomic E-state index is 11.1. The van der Waals surface area contributed by atoms with Crippen molar-refractivity contribution in [3.8, 4) is 0 Å². The zero-order valence-corrected chi connectivity index (χ0v) is 8.83. The van der Waals surface area contributed by atoms with Gasteiger partial charge in [-0.15, -0.1) is 0 Å². The lowest BCUT2D eigenvalue weighted by Gasteiger charge is -2.05. The van der Waals surface area contributed by atoms with Gasteiger partial charge in [-0.1, -0.05) is 0 Å². The van der Waals surface area contributed by atoms with E-state index >= 15 is 0 Å². The predicted molar refractivity (Wildman–Crippen MR) is 57.0 cm³/mol. The van der Waals surface area contributed by atoms with E-state index in [1.54, 1.807) is 23.5 Å². The third-order valence-electron chi connectivity index (χ3n) is 1.27. The van der Waals surface area contributed by atoms with Crippen LogP contribution in [0.15, 0.2) is 0 Å². The van der Waals surface area contributed by atoms with E-state index in [1.165, 1.54) is 11.5 Å². The van der Waals surface area contributed by atoms with Crippen LogP contribution in [0.2, 0.25) is 0 Å². The van der Waals surface area contributed by atoms with Crippen molar-refractivity contribution in [2.24, 2.45) is 0 Å². The molecule has 1 fully saturated rings. The number of thioether (sulfide) groups is 3. The van der Waals surface area contributed by atoms with Crippen molar-refractivity contribution in [2.75, 3.05) is 34.5 Å². The van der Waals surface area contributed by atoms with Crippen molar-refractivity contribution in [3.63, 3.8) is 0 Å². The molecule has 1 aliphatic heterocycles. The van der Waals surface area contributed by atoms with E-state index in [0.717, 1.165) is 23.0 Å². The van der Waals surface area contributed by atoms with Crippen LogP contribution in [-0.2, 0) is 4.79 Å². The van der Waals surface area contributed by atoms with Crippen molar-refractivity contribution in [2.45, 2.75) is 0 Å². The van der Waals surface area contributed by atoms with Gasteiger partial charge in [-0.3, -0.25) is 4.79 Å². The summed E-state index contributed by atoms with van der Waals surface area (Å²) in [5.41, 5.74) is 0. The maximum atomic E-state index is 11.1. The minimum atomic E-state index is 0.409. The van der Waals surface area contributed by atoms with Gasteiger partial charge in [0.2, 0.25) is 0 Å². The highest BCUT2D eigenvalue weighted by molar-refractivity contribution is 8.05. The third kappa shape index (κ3) is 5.04. The van der Waals surface area contributed by atoms with E-state index in [2.05, 4.69) is 0 Å². The number of hydrogen-bond acceptors (Lipinski definition) is 4. The Kier molecular flexibility index (Phi) is 5.58. The number of ketones is 1. The Morgan fingerprint density at radius 2 is 1.27 bits per heavy atom. The van der Waals surface area contributed by atoms with Crippen molar-refractivity contribution in [1.29, 1.82) is 0 Å². The lowest BCUT2D eigenvalue weighted by Crippen LogP contribution is -2.08. The molecule has 0 amide bonds. The van der Waals surface area contributed by atoms with E-state index in [4.69, 9.17) is 0 Å². The van der Waals surface area contributed by atoms with Crippen molar-refractivity contribution in [1.82, 2.24) is 0 Å². The third-order valence-corrected chi connectivity index (χ3v) is 4.81. The minimum Gasteiger partial charge on any atom is -0.298 e. The number of Topliss-reactive ketones (excluding diaryl/α,β-unsaturated/α-hetero) is 1. The average Bonchev–Trinajstić information content (AvgIpc) is 2.03. The molecular weight excluding hydrogens is 196 g/mol. The fraction of sp³-hybridized carbons (Fsp3) is 0.857. The fourth-order valence-electron chi connectivity index (χ4n) is 0.751. The fourth-order valence-corrected chi connectivity index (χ4v) is 3.92. The van der Waals surface area contributed by atoms with Crippen LogP contribution in [0.1, 0.15) is 0 Å². The van der Waals surface area contributed by atoms with Crippen LogP contribution in [-0.4, -0.2) is 40.3 Å². The lowest BCUT2D eigenvalue weighted by molar-refractivity contribution is -0.114. The zero-order chi connectivity index (χ0) is 7.94. The topological polar surface area (TPSA) is 17.1 Å². The first kappa shape index (κ1) is 9.81. The Labute approximate surface area is 80.5 Å². The molecule has 0 aromatic heterocycles. The van der Waals surface area contributed by atoms with Crippen LogP contribution in [0.25, 0.3) is 0 Å². The van der Waals surface area contributed by atoms with Crippen molar-refractivity contribution >= 4 is 41.1 Å². The number of carbonyl (C=O) groups is 1. The van der Waals surface area contributed by atoms with Gasteiger partial charge in [-0.2, -0.15) is 35.3 Å². The Morgan fingerprint density at radius 3 is 1.82 bits per heavy atom. The molecule has 0 N–H and O–H groups in total. The van der Waals surface area contributed by atoms with E-state index in [9.17, 15) is 4.79 Å². The van der Waals surface area contributed by atoms with Crippen LogP contribution < -0.4 is 0 Å². The second kappa shape index (κ2) is 6.26. The second-order valence-electron chi connectivity index (χ2n) is 2.26. The standard InChI is InChI=1S/C7H12OS3/c8-7-5-10-3-1-9-2-4-11-6-7/h1-6H2. The summed E-state index contributed by atoms with van der Waals surface area (Å²) in [5.74, 6) is 6.56. The molecule has 1 heterocycles. The number of rotatable bonds is 0. The summed E-state index contributed by atoms with van der Waals surface area (Å²) < 4.78 is 0. The average molecular weight is 208 g/mol. The summed E-state index contributed by atoms with van der Waals surface area (Å²) in [6.45, 7) is 0. The van der Waals surface area contributed by atoms with Crippen molar-refractivity contribution in [3.05, 3.63) is 0 Å². The molecule has 1 nitrogen and oxygen atoms in total. The summed E-state index contributed by atoms with van der Waals surface area (Å²) in [7, 11) is 0. The van der Waals surface area contributed by atoms with Gasteiger partial charge in [0.1, 0.15) is 0 Å². The normalized spacial score (nSPS) is 23.1. The molecule has 0 radical (unpaired) electrons. The molecule has 0 aliphatic carbocycles. The SMILES string of the molecule is O=C1CSCCSCCSC1. The van der Waals surface area contributed by atoms with Gasteiger partial charge in [-0.25, -0.2) is 0 Å². The van der Waals surface area contributed by atoms with Gasteiger partial charge < -0.3 is 0 Å². The highest BCUT2D eigenvalue weighted by Gasteiger charge is 2.04. The Balaban J connectivity index is 2.17. The molecule has 0 atom stereocenters. The largest absolute Gasteiger partial charge is 0.298 e. The molecule has 0 bridgehead atoms. The molecule has 0 aromatic carbocycles. The Morgan fingerprint density at radius 1 is 0.818 bits per heavy atom. The molecule has 64 valence electrons. The summed E-state index contributed by atoms with van der Waals surface area (Å²) in [5, 5.41) is 0. The summed E-state index contributed by atoms with van der Waals surface area (Å²) in [6.07, 6.45) is 0. The molecule has 4 heteroatoms. The van der Waals surface area contributed by atoms with Crippen LogP contribution in [0.3, 0.4) is 0 Å². The van der Waals surface area contributed by atoms with Gasteiger partial charge in [0.15, 0.2) is 5.78 Å². The van der Waals surface area contributed by atoms with Gasteiger partial charge in [0.05, 0.1) is 11.5 Å². The number of carbonyl (C=O) groups excluding carboxylic acids is 1.